The average molecular weight is 338 g/mol. The van der Waals surface area contributed by atoms with Gasteiger partial charge in [0, 0.05) is 19.6 Å². The second-order valence-electron chi connectivity index (χ2n) is 6.53. The predicted molar refractivity (Wildman–Crippen MR) is 82.4 cm³/mol. The zero-order valence-corrected chi connectivity index (χ0v) is 13.2. The lowest BCUT2D eigenvalue weighted by atomic mass is 9.96. The van der Waals surface area contributed by atoms with Gasteiger partial charge < -0.3 is 15.3 Å². The highest BCUT2D eigenvalue weighted by molar-refractivity contribution is 5.95. The third-order valence-corrected chi connectivity index (χ3v) is 4.63. The van der Waals surface area contributed by atoms with E-state index in [1.54, 1.807) is 0 Å². The minimum absolute atomic E-state index is 0.115. The summed E-state index contributed by atoms with van der Waals surface area (Å²) in [5.41, 5.74) is -0.769. The zero-order chi connectivity index (χ0) is 17.3. The quantitative estimate of drug-likeness (QED) is 0.883. The summed E-state index contributed by atoms with van der Waals surface area (Å²) in [5.74, 6) is -3.81. The number of hydrogen-bond donors (Lipinski definition) is 2. The Hall–Kier alpha value is -2.18. The molecule has 2 N–H and O–H groups in total. The van der Waals surface area contributed by atoms with E-state index in [0.29, 0.717) is 31.8 Å². The molecule has 1 heterocycles. The number of benzene rings is 1. The molecule has 0 aromatic heterocycles. The molecular formula is C17H20F2N2O3. The molecule has 3 rings (SSSR count). The Kier molecular flexibility index (Phi) is 4.69. The molecule has 1 aromatic rings. The smallest absolute Gasteiger partial charge is 0.259 e. The topological polar surface area (TPSA) is 69.6 Å². The molecule has 24 heavy (non-hydrogen) atoms. The molecule has 5 nitrogen and oxygen atoms in total. The van der Waals surface area contributed by atoms with E-state index in [1.807, 2.05) is 0 Å². The van der Waals surface area contributed by atoms with Crippen LogP contribution in [0.25, 0.3) is 0 Å². The fourth-order valence-corrected chi connectivity index (χ4v) is 2.98. The van der Waals surface area contributed by atoms with Crippen molar-refractivity contribution in [2.45, 2.75) is 25.7 Å². The zero-order valence-electron chi connectivity index (χ0n) is 13.2. The minimum atomic E-state index is -1.26. The SMILES string of the molecule is O=C(NCC1CC1)C1CCCN(C(=O)c2c(F)ccc(O)c2F)C1. The molecule has 2 fully saturated rings. The first kappa shape index (κ1) is 16.7. The molecule has 7 heteroatoms. The molecule has 1 unspecified atom stereocenters. The number of phenolic OH excluding ortho intramolecular Hbond substituents is 1. The summed E-state index contributed by atoms with van der Waals surface area (Å²) in [5, 5.41) is 12.2. The van der Waals surface area contributed by atoms with Crippen molar-refractivity contribution >= 4 is 11.8 Å². The monoisotopic (exact) mass is 338 g/mol. The lowest BCUT2D eigenvalue weighted by Crippen LogP contribution is -2.46. The van der Waals surface area contributed by atoms with Crippen molar-refractivity contribution in [1.29, 1.82) is 0 Å². The molecular weight excluding hydrogens is 318 g/mol. The third-order valence-electron chi connectivity index (χ3n) is 4.63. The molecule has 1 aromatic carbocycles. The first-order valence-electron chi connectivity index (χ1n) is 8.21. The van der Waals surface area contributed by atoms with Crippen LogP contribution < -0.4 is 5.32 Å². The van der Waals surface area contributed by atoms with E-state index in [4.69, 9.17) is 0 Å². The van der Waals surface area contributed by atoms with Gasteiger partial charge in [-0.1, -0.05) is 0 Å². The number of phenols is 1. The van der Waals surface area contributed by atoms with Gasteiger partial charge in [0.15, 0.2) is 11.6 Å². The van der Waals surface area contributed by atoms with Gasteiger partial charge in [-0.2, -0.15) is 0 Å². The molecule has 130 valence electrons. The Morgan fingerprint density at radius 1 is 1.25 bits per heavy atom. The second-order valence-corrected chi connectivity index (χ2v) is 6.53. The first-order chi connectivity index (χ1) is 11.5. The van der Waals surface area contributed by atoms with Crippen molar-refractivity contribution in [2.75, 3.05) is 19.6 Å². The van der Waals surface area contributed by atoms with Crippen LogP contribution in [0.5, 0.6) is 5.75 Å². The number of amides is 2. The highest BCUT2D eigenvalue weighted by Crippen LogP contribution is 2.28. The van der Waals surface area contributed by atoms with Crippen molar-refractivity contribution < 1.29 is 23.5 Å². The molecule has 0 radical (unpaired) electrons. The van der Waals surface area contributed by atoms with E-state index < -0.39 is 28.9 Å². The van der Waals surface area contributed by atoms with Gasteiger partial charge in [-0.25, -0.2) is 8.78 Å². The van der Waals surface area contributed by atoms with Crippen LogP contribution in [0.1, 0.15) is 36.0 Å². The van der Waals surface area contributed by atoms with Crippen LogP contribution in [0, 0.1) is 23.5 Å². The van der Waals surface area contributed by atoms with Gasteiger partial charge in [0.1, 0.15) is 11.4 Å². The summed E-state index contributed by atoms with van der Waals surface area (Å²) in [6.07, 6.45) is 3.50. The molecule has 1 aliphatic heterocycles. The number of rotatable bonds is 4. The van der Waals surface area contributed by atoms with Crippen LogP contribution >= 0.6 is 0 Å². The number of nitrogens with one attached hydrogen (secondary N) is 1. The van der Waals surface area contributed by atoms with Crippen LogP contribution in [0.15, 0.2) is 12.1 Å². The molecule has 1 atom stereocenters. The van der Waals surface area contributed by atoms with Gasteiger partial charge in [0.05, 0.1) is 5.92 Å². The van der Waals surface area contributed by atoms with Gasteiger partial charge in [0.25, 0.3) is 5.91 Å². The number of nitrogens with zero attached hydrogens (tertiary/aromatic N) is 1. The normalized spacial score (nSPS) is 20.8. The summed E-state index contributed by atoms with van der Waals surface area (Å²) in [6, 6.07) is 1.72. The lowest BCUT2D eigenvalue weighted by molar-refractivity contribution is -0.126. The number of hydrogen-bond acceptors (Lipinski definition) is 3. The maximum Gasteiger partial charge on any atom is 0.259 e. The van der Waals surface area contributed by atoms with E-state index in [2.05, 4.69) is 5.32 Å². The highest BCUT2D eigenvalue weighted by Gasteiger charge is 2.32. The number of likely N-dealkylation sites (tertiary alicyclic amines) is 1. The van der Waals surface area contributed by atoms with Gasteiger partial charge >= 0.3 is 0 Å². The Morgan fingerprint density at radius 3 is 2.71 bits per heavy atom. The number of carbonyl (C=O) groups excluding carboxylic acids is 2. The number of aromatic hydroxyl groups is 1. The van der Waals surface area contributed by atoms with Crippen LogP contribution in [-0.2, 0) is 4.79 Å². The van der Waals surface area contributed by atoms with E-state index in [-0.39, 0.29) is 18.4 Å². The van der Waals surface area contributed by atoms with Crippen LogP contribution in [0.4, 0.5) is 8.78 Å². The number of carbonyl (C=O) groups is 2. The Morgan fingerprint density at radius 2 is 2.00 bits per heavy atom. The summed E-state index contributed by atoms with van der Waals surface area (Å²) < 4.78 is 27.8. The van der Waals surface area contributed by atoms with Crippen molar-refractivity contribution in [1.82, 2.24) is 10.2 Å². The fourth-order valence-electron chi connectivity index (χ4n) is 2.98. The van der Waals surface area contributed by atoms with Crippen molar-refractivity contribution in [2.24, 2.45) is 11.8 Å². The first-order valence-corrected chi connectivity index (χ1v) is 8.21. The summed E-state index contributed by atoms with van der Waals surface area (Å²) in [4.78, 5) is 25.9. The van der Waals surface area contributed by atoms with E-state index in [9.17, 15) is 23.5 Å². The standard InChI is InChI=1S/C17H20F2N2O3/c18-12-5-6-13(22)15(19)14(12)17(24)21-7-1-2-11(9-21)16(23)20-8-10-3-4-10/h5-6,10-11,22H,1-4,7-9H2,(H,20,23). The largest absolute Gasteiger partial charge is 0.505 e. The second kappa shape index (κ2) is 6.75. The molecule has 1 saturated heterocycles. The van der Waals surface area contributed by atoms with Gasteiger partial charge in [-0.05, 0) is 43.7 Å². The highest BCUT2D eigenvalue weighted by atomic mass is 19.1. The minimum Gasteiger partial charge on any atom is -0.505 e. The molecule has 0 spiro atoms. The Bertz CT molecular complexity index is 661. The van der Waals surface area contributed by atoms with E-state index in [0.717, 1.165) is 25.0 Å². The maximum atomic E-state index is 13.9. The Labute approximate surface area is 138 Å². The van der Waals surface area contributed by atoms with Gasteiger partial charge in [-0.3, -0.25) is 9.59 Å². The predicted octanol–water partition coefficient (Wildman–Crippen LogP) is 2.05. The van der Waals surface area contributed by atoms with Crippen molar-refractivity contribution in [3.8, 4) is 5.75 Å². The van der Waals surface area contributed by atoms with E-state index >= 15 is 0 Å². The lowest BCUT2D eigenvalue weighted by Gasteiger charge is -2.32. The summed E-state index contributed by atoms with van der Waals surface area (Å²) >= 11 is 0. The van der Waals surface area contributed by atoms with E-state index in [1.165, 1.54) is 4.90 Å². The fraction of sp³-hybridized carbons (Fsp3) is 0.529. The molecule has 2 amide bonds. The van der Waals surface area contributed by atoms with Crippen LogP contribution in [-0.4, -0.2) is 41.5 Å². The Balaban J connectivity index is 1.68. The summed E-state index contributed by atoms with van der Waals surface area (Å²) in [6.45, 7) is 1.11. The number of halogens is 2. The third kappa shape index (κ3) is 3.49. The van der Waals surface area contributed by atoms with Crippen LogP contribution in [0.2, 0.25) is 0 Å². The maximum absolute atomic E-state index is 13.9. The number of piperidine rings is 1. The average Bonchev–Trinajstić information content (AvgIpc) is 3.41. The van der Waals surface area contributed by atoms with Crippen molar-refractivity contribution in [3.05, 3.63) is 29.3 Å². The molecule has 1 saturated carbocycles. The van der Waals surface area contributed by atoms with Gasteiger partial charge in [-0.15, -0.1) is 0 Å². The molecule has 1 aliphatic carbocycles. The summed E-state index contributed by atoms with van der Waals surface area (Å²) in [7, 11) is 0. The van der Waals surface area contributed by atoms with Crippen molar-refractivity contribution in [3.63, 3.8) is 0 Å². The van der Waals surface area contributed by atoms with Crippen LogP contribution in [0.3, 0.4) is 0 Å². The molecule has 2 aliphatic rings. The van der Waals surface area contributed by atoms with Gasteiger partial charge in [0.2, 0.25) is 5.91 Å². The molecule has 0 bridgehead atoms.